The molecule has 1 aliphatic heterocycles. The number of hydrogen-bond acceptors (Lipinski definition) is 9. The molecule has 13 nitrogen and oxygen atoms in total. The van der Waals surface area contributed by atoms with E-state index in [1.165, 1.54) is 37.6 Å². The number of piperazine rings is 1. The van der Waals surface area contributed by atoms with Gasteiger partial charge in [0.25, 0.3) is 0 Å². The van der Waals surface area contributed by atoms with E-state index in [9.17, 15) is 18.3 Å². The summed E-state index contributed by atoms with van der Waals surface area (Å²) in [4.78, 5) is 31.7. The fourth-order valence-corrected chi connectivity index (χ4v) is 4.91. The van der Waals surface area contributed by atoms with E-state index in [0.29, 0.717) is 49.9 Å². The smallest absolute Gasteiger partial charge is 0.414 e. The molecular weight excluding hydrogens is 510 g/mol. The lowest BCUT2D eigenvalue weighted by atomic mass is 10.1. The Morgan fingerprint density at radius 1 is 0.919 bits per heavy atom. The fourth-order valence-electron chi connectivity index (χ4n) is 3.49. The van der Waals surface area contributed by atoms with E-state index in [2.05, 4.69) is 10.2 Å². The second-order valence-electron chi connectivity index (χ2n) is 7.85. The summed E-state index contributed by atoms with van der Waals surface area (Å²) in [5.41, 5.74) is 1.45. The lowest BCUT2D eigenvalue weighted by molar-refractivity contribution is -0.159. The number of phenols is 1. The molecule has 2 aromatic rings. The van der Waals surface area contributed by atoms with E-state index in [-0.39, 0.29) is 16.6 Å². The molecule has 1 amide bonds. The fraction of sp³-hybridized carbons (Fsp3) is 0.348. The number of carbonyl (C=O) groups is 3. The molecule has 14 heteroatoms. The van der Waals surface area contributed by atoms with Crippen molar-refractivity contribution in [2.45, 2.75) is 18.4 Å². The molecule has 0 radical (unpaired) electrons. The van der Waals surface area contributed by atoms with E-state index in [1.54, 1.807) is 24.3 Å². The van der Waals surface area contributed by atoms with E-state index >= 15 is 0 Å². The van der Waals surface area contributed by atoms with Gasteiger partial charge in [0.2, 0.25) is 21.7 Å². The summed E-state index contributed by atoms with van der Waals surface area (Å²) in [5.74, 6) is -3.24. The normalized spacial score (nSPS) is 14.1. The van der Waals surface area contributed by atoms with E-state index in [0.717, 1.165) is 5.56 Å². The minimum absolute atomic E-state index is 0.0471. The van der Waals surface area contributed by atoms with Crippen molar-refractivity contribution in [2.75, 3.05) is 45.7 Å². The monoisotopic (exact) mass is 539 g/mol. The number of carbonyl (C=O) groups excluding carboxylic acids is 1. The molecule has 0 atom stereocenters. The molecule has 0 spiro atoms. The van der Waals surface area contributed by atoms with Crippen molar-refractivity contribution in [2.24, 2.45) is 0 Å². The number of methoxy groups -OCH3 is 2. The summed E-state index contributed by atoms with van der Waals surface area (Å²) in [6, 6.07) is 9.66. The minimum Gasteiger partial charge on any atom is -0.502 e. The lowest BCUT2D eigenvalue weighted by Crippen LogP contribution is -2.48. The number of carboxylic acids is 2. The van der Waals surface area contributed by atoms with E-state index in [1.807, 2.05) is 0 Å². The number of amides is 1. The molecule has 3 rings (SSSR count). The Morgan fingerprint density at radius 2 is 1.41 bits per heavy atom. The van der Waals surface area contributed by atoms with Crippen molar-refractivity contribution < 1.29 is 47.6 Å². The van der Waals surface area contributed by atoms with Crippen LogP contribution in [0, 0.1) is 0 Å². The van der Waals surface area contributed by atoms with Crippen molar-refractivity contribution in [3.05, 3.63) is 42.0 Å². The van der Waals surface area contributed by atoms with Gasteiger partial charge in [0.15, 0.2) is 11.5 Å². The summed E-state index contributed by atoms with van der Waals surface area (Å²) in [7, 11) is -0.656. The highest BCUT2D eigenvalue weighted by atomic mass is 32.2. The highest BCUT2D eigenvalue weighted by Crippen LogP contribution is 2.37. The van der Waals surface area contributed by atoms with Crippen LogP contribution in [0.4, 0.5) is 5.69 Å². The number of hydrogen-bond donors (Lipinski definition) is 4. The van der Waals surface area contributed by atoms with Crippen molar-refractivity contribution in [1.29, 1.82) is 0 Å². The van der Waals surface area contributed by atoms with Gasteiger partial charge in [-0.3, -0.25) is 9.69 Å². The van der Waals surface area contributed by atoms with Crippen LogP contribution >= 0.6 is 0 Å². The first-order valence-corrected chi connectivity index (χ1v) is 12.3. The summed E-state index contributed by atoms with van der Waals surface area (Å²) in [6.07, 6.45) is 0. The van der Waals surface area contributed by atoms with Gasteiger partial charge in [0.1, 0.15) is 0 Å². The average Bonchev–Trinajstić information content (AvgIpc) is 2.85. The van der Waals surface area contributed by atoms with Gasteiger partial charge in [-0.25, -0.2) is 18.0 Å². The number of sulfonamides is 1. The number of benzene rings is 2. The van der Waals surface area contributed by atoms with Gasteiger partial charge in [-0.15, -0.1) is 0 Å². The first-order chi connectivity index (χ1) is 17.4. The zero-order valence-electron chi connectivity index (χ0n) is 20.5. The highest BCUT2D eigenvalue weighted by molar-refractivity contribution is 7.89. The topological polar surface area (TPSA) is 183 Å². The van der Waals surface area contributed by atoms with E-state index in [4.69, 9.17) is 29.3 Å². The number of anilines is 1. The molecule has 37 heavy (non-hydrogen) atoms. The third kappa shape index (κ3) is 8.06. The lowest BCUT2D eigenvalue weighted by Gasteiger charge is -2.34. The predicted molar refractivity (Wildman–Crippen MR) is 131 cm³/mol. The van der Waals surface area contributed by atoms with Crippen LogP contribution in [0.3, 0.4) is 0 Å². The molecule has 0 unspecified atom stereocenters. The number of rotatable bonds is 7. The van der Waals surface area contributed by atoms with Crippen LogP contribution in [0.2, 0.25) is 0 Å². The molecule has 202 valence electrons. The molecule has 0 aliphatic carbocycles. The Hall–Kier alpha value is -3.88. The third-order valence-corrected chi connectivity index (χ3v) is 7.19. The number of phenolic OH excluding ortho intramolecular Hbond substituents is 1. The van der Waals surface area contributed by atoms with Crippen LogP contribution in [-0.4, -0.2) is 91.2 Å². The molecule has 1 saturated heterocycles. The SMILES string of the molecule is COc1cc(CN2CCN(S(=O)(=O)c3ccc(NC(C)=O)cc3)CC2)cc(OC)c1O.O=C(O)C(=O)O. The maximum absolute atomic E-state index is 12.9. The Bertz CT molecular complexity index is 1190. The van der Waals surface area contributed by atoms with Crippen LogP contribution in [0.1, 0.15) is 12.5 Å². The van der Waals surface area contributed by atoms with Crippen molar-refractivity contribution >= 4 is 33.6 Å². The molecule has 1 aliphatic rings. The first-order valence-electron chi connectivity index (χ1n) is 10.9. The maximum atomic E-state index is 12.9. The number of carboxylic acid groups (broad SMARTS) is 2. The van der Waals surface area contributed by atoms with Crippen molar-refractivity contribution in [3.8, 4) is 17.2 Å². The molecule has 0 bridgehead atoms. The molecular formula is C23H29N3O10S. The number of aromatic hydroxyl groups is 1. The zero-order valence-corrected chi connectivity index (χ0v) is 21.3. The second-order valence-corrected chi connectivity index (χ2v) is 9.78. The molecule has 4 N–H and O–H groups in total. The zero-order chi connectivity index (χ0) is 27.8. The van der Waals surface area contributed by atoms with Crippen LogP contribution < -0.4 is 14.8 Å². The Morgan fingerprint density at radius 3 is 1.81 bits per heavy atom. The number of aliphatic carboxylic acids is 2. The molecule has 1 fully saturated rings. The Kier molecular flexibility index (Phi) is 10.2. The van der Waals surface area contributed by atoms with Gasteiger partial charge in [-0.05, 0) is 42.0 Å². The van der Waals surface area contributed by atoms with Crippen molar-refractivity contribution in [3.63, 3.8) is 0 Å². The summed E-state index contributed by atoms with van der Waals surface area (Å²) < 4.78 is 37.8. The third-order valence-electron chi connectivity index (χ3n) is 5.27. The van der Waals surface area contributed by atoms with Crippen molar-refractivity contribution in [1.82, 2.24) is 9.21 Å². The highest BCUT2D eigenvalue weighted by Gasteiger charge is 2.28. The van der Waals surface area contributed by atoms with Gasteiger partial charge >= 0.3 is 11.9 Å². The van der Waals surface area contributed by atoms with Crippen LogP contribution in [-0.2, 0) is 31.0 Å². The largest absolute Gasteiger partial charge is 0.502 e. The van der Waals surface area contributed by atoms with Gasteiger partial charge in [0.05, 0.1) is 19.1 Å². The number of ether oxygens (including phenoxy) is 2. The molecule has 0 aromatic heterocycles. The summed E-state index contributed by atoms with van der Waals surface area (Å²) in [6.45, 7) is 3.83. The van der Waals surface area contributed by atoms with E-state index < -0.39 is 22.0 Å². The standard InChI is InChI=1S/C21H27N3O6S.C2H2O4/c1-15(25)22-17-4-6-18(7-5-17)31(27,28)24-10-8-23(9-11-24)14-16-12-19(29-2)21(26)20(13-16)30-3;3-1(4)2(5)6/h4-7,12-13,26H,8-11,14H2,1-3H3,(H,22,25);(H,3,4)(H,5,6). The van der Waals surface area contributed by atoms with Crippen LogP contribution in [0.25, 0.3) is 0 Å². The predicted octanol–water partition coefficient (Wildman–Crippen LogP) is 1.03. The van der Waals surface area contributed by atoms with Gasteiger partial charge in [-0.1, -0.05) is 0 Å². The summed E-state index contributed by atoms with van der Waals surface area (Å²) >= 11 is 0. The molecule has 1 heterocycles. The molecule has 0 saturated carbocycles. The average molecular weight is 540 g/mol. The minimum atomic E-state index is -3.61. The van der Waals surface area contributed by atoms with Gasteiger partial charge < -0.3 is 30.1 Å². The number of nitrogens with one attached hydrogen (secondary N) is 1. The van der Waals surface area contributed by atoms with Crippen LogP contribution in [0.5, 0.6) is 17.2 Å². The summed E-state index contributed by atoms with van der Waals surface area (Å²) in [5, 5.41) is 27.5. The maximum Gasteiger partial charge on any atom is 0.414 e. The van der Waals surface area contributed by atoms with Gasteiger partial charge in [0, 0.05) is 45.3 Å². The Balaban J connectivity index is 0.000000717. The quantitative estimate of drug-likeness (QED) is 0.369. The number of nitrogens with zero attached hydrogens (tertiary/aromatic N) is 2. The first kappa shape index (κ1) is 29.4. The Labute approximate surface area is 213 Å². The second kappa shape index (κ2) is 12.9. The molecule has 2 aromatic carbocycles. The van der Waals surface area contributed by atoms with Crippen LogP contribution in [0.15, 0.2) is 41.3 Å². The van der Waals surface area contributed by atoms with Gasteiger partial charge in [-0.2, -0.15) is 4.31 Å².